The van der Waals surface area contributed by atoms with E-state index in [2.05, 4.69) is 4.98 Å². The van der Waals surface area contributed by atoms with Crippen LogP contribution in [0.1, 0.15) is 16.8 Å². The summed E-state index contributed by atoms with van der Waals surface area (Å²) in [6.07, 6.45) is 0. The van der Waals surface area contributed by atoms with Gasteiger partial charge in [0, 0.05) is 16.6 Å². The van der Waals surface area contributed by atoms with E-state index in [0.717, 1.165) is 27.7 Å². The van der Waals surface area contributed by atoms with Gasteiger partial charge in [-0.15, -0.1) is 0 Å². The molecule has 0 spiro atoms. The van der Waals surface area contributed by atoms with Crippen LogP contribution in [0.2, 0.25) is 0 Å². The Balaban J connectivity index is 2.05. The first-order chi connectivity index (χ1) is 9.97. The Morgan fingerprint density at radius 3 is 2.33 bits per heavy atom. The molecule has 0 fully saturated rings. The van der Waals surface area contributed by atoms with E-state index in [0.29, 0.717) is 4.90 Å². The number of hydrogen-bond donors (Lipinski definition) is 1. The Bertz CT molecular complexity index is 890. The molecule has 0 bridgehead atoms. The first kappa shape index (κ1) is 13.9. The summed E-state index contributed by atoms with van der Waals surface area (Å²) >= 11 is 0. The molecule has 1 heterocycles. The lowest BCUT2D eigenvalue weighted by atomic mass is 10.1. The van der Waals surface area contributed by atoms with Crippen LogP contribution in [0.25, 0.3) is 10.9 Å². The highest BCUT2D eigenvalue weighted by atomic mass is 32.2. The number of benzene rings is 2. The third kappa shape index (κ3) is 2.59. The van der Waals surface area contributed by atoms with Crippen molar-refractivity contribution in [1.82, 2.24) is 4.98 Å². The minimum Gasteiger partial charge on any atom is -0.358 e. The molecule has 3 aromatic rings. The van der Waals surface area contributed by atoms with E-state index in [1.54, 1.807) is 12.1 Å². The van der Waals surface area contributed by atoms with E-state index in [9.17, 15) is 8.42 Å². The Hall–Kier alpha value is -2.07. The van der Waals surface area contributed by atoms with Gasteiger partial charge in [-0.05, 0) is 37.6 Å². The van der Waals surface area contributed by atoms with E-state index < -0.39 is 9.84 Å². The molecule has 0 aliphatic carbocycles. The summed E-state index contributed by atoms with van der Waals surface area (Å²) in [5.41, 5.74) is 3.79. The van der Waals surface area contributed by atoms with Crippen molar-refractivity contribution in [1.29, 1.82) is 0 Å². The van der Waals surface area contributed by atoms with Gasteiger partial charge in [0.2, 0.25) is 0 Å². The van der Waals surface area contributed by atoms with Crippen molar-refractivity contribution in [3.8, 4) is 0 Å². The van der Waals surface area contributed by atoms with E-state index in [1.165, 1.54) is 0 Å². The van der Waals surface area contributed by atoms with Crippen molar-refractivity contribution in [2.75, 3.05) is 0 Å². The third-order valence-electron chi connectivity index (χ3n) is 3.74. The van der Waals surface area contributed by atoms with Crippen LogP contribution in [0.5, 0.6) is 0 Å². The smallest absolute Gasteiger partial charge is 0.182 e. The number of fused-ring (bicyclic) bond motifs is 1. The van der Waals surface area contributed by atoms with Gasteiger partial charge in [-0.25, -0.2) is 8.42 Å². The van der Waals surface area contributed by atoms with Crippen LogP contribution < -0.4 is 0 Å². The van der Waals surface area contributed by atoms with Gasteiger partial charge >= 0.3 is 0 Å². The standard InChI is InChI=1S/C17H17NO2S/c1-12-7-9-14(10-8-12)21(19,20)11-16-13(2)18-17-6-4-3-5-15(16)17/h3-10,18H,11H2,1-2H3. The molecule has 0 radical (unpaired) electrons. The summed E-state index contributed by atoms with van der Waals surface area (Å²) < 4.78 is 25.2. The molecule has 0 atom stereocenters. The molecule has 108 valence electrons. The Morgan fingerprint density at radius 1 is 0.952 bits per heavy atom. The highest BCUT2D eigenvalue weighted by molar-refractivity contribution is 7.90. The highest BCUT2D eigenvalue weighted by Crippen LogP contribution is 2.26. The summed E-state index contributed by atoms with van der Waals surface area (Å²) in [4.78, 5) is 3.62. The van der Waals surface area contributed by atoms with E-state index in [-0.39, 0.29) is 5.75 Å². The van der Waals surface area contributed by atoms with Crippen molar-refractivity contribution in [2.45, 2.75) is 24.5 Å². The summed E-state index contributed by atoms with van der Waals surface area (Å²) in [6.45, 7) is 3.86. The first-order valence-corrected chi connectivity index (χ1v) is 8.48. The number of aromatic amines is 1. The van der Waals surface area contributed by atoms with Crippen LogP contribution in [-0.4, -0.2) is 13.4 Å². The number of nitrogens with one attached hydrogen (secondary N) is 1. The fourth-order valence-electron chi connectivity index (χ4n) is 2.54. The van der Waals surface area contributed by atoms with Crippen molar-refractivity contribution >= 4 is 20.7 Å². The summed E-state index contributed by atoms with van der Waals surface area (Å²) in [5.74, 6) is 0.0197. The fourth-order valence-corrected chi connectivity index (χ4v) is 4.01. The highest BCUT2D eigenvalue weighted by Gasteiger charge is 2.19. The molecule has 3 rings (SSSR count). The van der Waals surface area contributed by atoms with Crippen LogP contribution in [0.15, 0.2) is 53.4 Å². The zero-order valence-electron chi connectivity index (χ0n) is 12.1. The minimum atomic E-state index is -3.33. The normalized spacial score (nSPS) is 11.9. The molecule has 0 amide bonds. The van der Waals surface area contributed by atoms with Crippen molar-refractivity contribution < 1.29 is 8.42 Å². The molecule has 21 heavy (non-hydrogen) atoms. The predicted octanol–water partition coefficient (Wildman–Crippen LogP) is 3.76. The average Bonchev–Trinajstić information content (AvgIpc) is 2.75. The zero-order valence-corrected chi connectivity index (χ0v) is 12.9. The van der Waals surface area contributed by atoms with Crippen LogP contribution in [0, 0.1) is 13.8 Å². The second-order valence-electron chi connectivity index (χ2n) is 5.35. The number of hydrogen-bond acceptors (Lipinski definition) is 2. The summed E-state index contributed by atoms with van der Waals surface area (Å²) in [5, 5.41) is 0.977. The van der Waals surface area contributed by atoms with Gasteiger partial charge < -0.3 is 4.98 Å². The molecule has 2 aromatic carbocycles. The molecule has 0 saturated carbocycles. The molecular weight excluding hydrogens is 282 g/mol. The predicted molar refractivity (Wildman–Crippen MR) is 85.1 cm³/mol. The molecule has 0 saturated heterocycles. The summed E-state index contributed by atoms with van der Waals surface area (Å²) in [7, 11) is -3.33. The first-order valence-electron chi connectivity index (χ1n) is 6.83. The van der Waals surface area contributed by atoms with Gasteiger partial charge in [-0.1, -0.05) is 35.9 Å². The fraction of sp³-hybridized carbons (Fsp3) is 0.176. The molecule has 4 heteroatoms. The number of sulfone groups is 1. The van der Waals surface area contributed by atoms with Crippen LogP contribution in [0.4, 0.5) is 0 Å². The molecule has 1 aromatic heterocycles. The monoisotopic (exact) mass is 299 g/mol. The Morgan fingerprint density at radius 2 is 1.62 bits per heavy atom. The molecular formula is C17H17NO2S. The topological polar surface area (TPSA) is 49.9 Å². The van der Waals surface area contributed by atoms with Crippen molar-refractivity contribution in [3.05, 3.63) is 65.4 Å². The molecule has 0 aliphatic rings. The van der Waals surface area contributed by atoms with E-state index in [4.69, 9.17) is 0 Å². The Kier molecular flexibility index (Phi) is 3.33. The largest absolute Gasteiger partial charge is 0.358 e. The quantitative estimate of drug-likeness (QED) is 0.800. The number of aryl methyl sites for hydroxylation is 2. The molecule has 3 nitrogen and oxygen atoms in total. The van der Waals surface area contributed by atoms with Crippen molar-refractivity contribution in [2.24, 2.45) is 0 Å². The number of para-hydroxylation sites is 1. The van der Waals surface area contributed by atoms with E-state index >= 15 is 0 Å². The van der Waals surface area contributed by atoms with Crippen LogP contribution in [0.3, 0.4) is 0 Å². The van der Waals surface area contributed by atoms with E-state index in [1.807, 2.05) is 50.2 Å². The second-order valence-corrected chi connectivity index (χ2v) is 7.34. The second kappa shape index (κ2) is 5.04. The lowest BCUT2D eigenvalue weighted by Crippen LogP contribution is -2.05. The van der Waals surface area contributed by atoms with Crippen LogP contribution >= 0.6 is 0 Å². The number of H-pyrrole nitrogens is 1. The molecule has 0 unspecified atom stereocenters. The lowest BCUT2D eigenvalue weighted by molar-refractivity contribution is 0.595. The number of aromatic nitrogens is 1. The zero-order chi connectivity index (χ0) is 15.0. The van der Waals surface area contributed by atoms with Gasteiger partial charge in [-0.3, -0.25) is 0 Å². The third-order valence-corrected chi connectivity index (χ3v) is 5.40. The van der Waals surface area contributed by atoms with Crippen LogP contribution in [-0.2, 0) is 15.6 Å². The summed E-state index contributed by atoms with van der Waals surface area (Å²) in [6, 6.07) is 14.8. The van der Waals surface area contributed by atoms with Gasteiger partial charge in [0.05, 0.1) is 10.6 Å². The average molecular weight is 299 g/mol. The maximum atomic E-state index is 12.6. The lowest BCUT2D eigenvalue weighted by Gasteiger charge is -2.05. The van der Waals surface area contributed by atoms with Gasteiger partial charge in [0.15, 0.2) is 9.84 Å². The van der Waals surface area contributed by atoms with Gasteiger partial charge in [-0.2, -0.15) is 0 Å². The van der Waals surface area contributed by atoms with Gasteiger partial charge in [0.1, 0.15) is 0 Å². The van der Waals surface area contributed by atoms with Gasteiger partial charge in [0.25, 0.3) is 0 Å². The molecule has 1 N–H and O–H groups in total. The molecule has 0 aliphatic heterocycles. The Labute approximate surface area is 124 Å². The van der Waals surface area contributed by atoms with Crippen molar-refractivity contribution in [3.63, 3.8) is 0 Å². The minimum absolute atomic E-state index is 0.0197. The number of rotatable bonds is 3. The maximum Gasteiger partial charge on any atom is 0.182 e. The maximum absolute atomic E-state index is 12.6. The SMILES string of the molecule is Cc1ccc(S(=O)(=O)Cc2c(C)[nH]c3ccccc23)cc1.